The van der Waals surface area contributed by atoms with Crippen LogP contribution in [0.25, 0.3) is 0 Å². The first-order valence-electron chi connectivity index (χ1n) is 6.71. The summed E-state index contributed by atoms with van der Waals surface area (Å²) >= 11 is 0. The first-order chi connectivity index (χ1) is 8.99. The molecule has 2 atom stereocenters. The van der Waals surface area contributed by atoms with Gasteiger partial charge in [-0.2, -0.15) is 5.10 Å². The Bertz CT molecular complexity index is 455. The number of aromatic carboxylic acids is 1. The molecule has 6 heteroatoms. The molecule has 0 saturated carbocycles. The maximum atomic E-state index is 11.2. The summed E-state index contributed by atoms with van der Waals surface area (Å²) in [7, 11) is 1.79. The lowest BCUT2D eigenvalue weighted by molar-refractivity contribution is 0.0692. The van der Waals surface area contributed by atoms with Crippen molar-refractivity contribution in [3.63, 3.8) is 0 Å². The highest BCUT2D eigenvalue weighted by Gasteiger charge is 2.25. The van der Waals surface area contributed by atoms with Crippen LogP contribution in [0.2, 0.25) is 0 Å². The summed E-state index contributed by atoms with van der Waals surface area (Å²) in [4.78, 5) is 13.4. The standard InChI is InChI=1S/C13H22N4O2/c1-9(14)10-4-3-5-17(7-10)8-12-11(13(18)19)6-15-16(12)2/h6,9-10H,3-5,7-8,14H2,1-2H3,(H,18,19). The minimum absolute atomic E-state index is 0.188. The van der Waals surface area contributed by atoms with Gasteiger partial charge in [-0.05, 0) is 32.2 Å². The van der Waals surface area contributed by atoms with Gasteiger partial charge in [-0.3, -0.25) is 9.58 Å². The zero-order chi connectivity index (χ0) is 14.0. The fourth-order valence-corrected chi connectivity index (χ4v) is 2.70. The zero-order valence-corrected chi connectivity index (χ0v) is 11.5. The summed E-state index contributed by atoms with van der Waals surface area (Å²) in [5.41, 5.74) is 7.03. The summed E-state index contributed by atoms with van der Waals surface area (Å²) in [5, 5.41) is 13.2. The quantitative estimate of drug-likeness (QED) is 0.837. The van der Waals surface area contributed by atoms with Gasteiger partial charge in [0, 0.05) is 26.2 Å². The van der Waals surface area contributed by atoms with E-state index in [0.717, 1.165) is 31.6 Å². The summed E-state index contributed by atoms with van der Waals surface area (Å²) in [6.07, 6.45) is 3.70. The van der Waals surface area contributed by atoms with E-state index in [2.05, 4.69) is 10.00 Å². The second-order valence-corrected chi connectivity index (χ2v) is 5.43. The molecule has 1 aromatic heterocycles. The van der Waals surface area contributed by atoms with Gasteiger partial charge in [0.15, 0.2) is 0 Å². The van der Waals surface area contributed by atoms with Gasteiger partial charge in [-0.25, -0.2) is 4.79 Å². The number of carboxylic acids is 1. The number of piperidine rings is 1. The van der Waals surface area contributed by atoms with Crippen molar-refractivity contribution in [1.82, 2.24) is 14.7 Å². The van der Waals surface area contributed by atoms with Crippen LogP contribution in [0.1, 0.15) is 35.8 Å². The molecule has 1 aliphatic heterocycles. The van der Waals surface area contributed by atoms with Crippen molar-refractivity contribution < 1.29 is 9.90 Å². The van der Waals surface area contributed by atoms with Crippen LogP contribution in [0, 0.1) is 5.92 Å². The molecule has 1 saturated heterocycles. The van der Waals surface area contributed by atoms with Gasteiger partial charge < -0.3 is 10.8 Å². The van der Waals surface area contributed by atoms with Gasteiger partial charge in [0.25, 0.3) is 0 Å². The molecule has 1 aliphatic rings. The van der Waals surface area contributed by atoms with Crippen LogP contribution in [0.3, 0.4) is 0 Å². The second-order valence-electron chi connectivity index (χ2n) is 5.43. The van der Waals surface area contributed by atoms with Crippen molar-refractivity contribution in [3.8, 4) is 0 Å². The Balaban J connectivity index is 2.08. The number of nitrogens with zero attached hydrogens (tertiary/aromatic N) is 3. The van der Waals surface area contributed by atoms with E-state index in [0.29, 0.717) is 18.0 Å². The van der Waals surface area contributed by atoms with Crippen molar-refractivity contribution in [3.05, 3.63) is 17.5 Å². The number of hydrogen-bond acceptors (Lipinski definition) is 4. The molecule has 1 aromatic rings. The molecule has 0 amide bonds. The summed E-state index contributed by atoms with van der Waals surface area (Å²) in [5.74, 6) is -0.417. The third kappa shape index (κ3) is 3.13. The number of rotatable bonds is 4. The molecule has 6 nitrogen and oxygen atoms in total. The molecule has 3 N–H and O–H groups in total. The molecular formula is C13H22N4O2. The molecule has 1 fully saturated rings. The van der Waals surface area contributed by atoms with Crippen LogP contribution < -0.4 is 5.73 Å². The highest BCUT2D eigenvalue weighted by molar-refractivity contribution is 5.88. The van der Waals surface area contributed by atoms with E-state index in [1.807, 2.05) is 6.92 Å². The molecule has 2 heterocycles. The number of carboxylic acid groups (broad SMARTS) is 1. The van der Waals surface area contributed by atoms with E-state index in [1.54, 1.807) is 11.7 Å². The zero-order valence-electron chi connectivity index (χ0n) is 11.5. The molecule has 19 heavy (non-hydrogen) atoms. The van der Waals surface area contributed by atoms with Crippen molar-refractivity contribution in [2.75, 3.05) is 13.1 Å². The highest BCUT2D eigenvalue weighted by atomic mass is 16.4. The Morgan fingerprint density at radius 1 is 1.68 bits per heavy atom. The van der Waals surface area contributed by atoms with Crippen LogP contribution in [-0.4, -0.2) is 44.9 Å². The molecular weight excluding hydrogens is 244 g/mol. The largest absolute Gasteiger partial charge is 0.478 e. The topological polar surface area (TPSA) is 84.4 Å². The van der Waals surface area contributed by atoms with Crippen LogP contribution in [0.4, 0.5) is 0 Å². The molecule has 2 unspecified atom stereocenters. The van der Waals surface area contributed by atoms with Gasteiger partial charge in [-0.15, -0.1) is 0 Å². The first kappa shape index (κ1) is 14.0. The van der Waals surface area contributed by atoms with Crippen LogP contribution in [0.5, 0.6) is 0 Å². The number of nitrogens with two attached hydrogens (primary N) is 1. The predicted molar refractivity (Wildman–Crippen MR) is 71.8 cm³/mol. The summed E-state index contributed by atoms with van der Waals surface area (Å²) in [6, 6.07) is 0.188. The Kier molecular flexibility index (Phi) is 4.21. The maximum absolute atomic E-state index is 11.2. The summed E-state index contributed by atoms with van der Waals surface area (Å²) in [6.45, 7) is 4.59. The number of aromatic nitrogens is 2. The van der Waals surface area contributed by atoms with E-state index < -0.39 is 5.97 Å². The fourth-order valence-electron chi connectivity index (χ4n) is 2.70. The predicted octanol–water partition coefficient (Wildman–Crippen LogP) is 0.678. The van der Waals surface area contributed by atoms with Crippen LogP contribution >= 0.6 is 0 Å². The molecule has 0 spiro atoms. The maximum Gasteiger partial charge on any atom is 0.339 e. The van der Waals surface area contributed by atoms with Crippen molar-refractivity contribution in [2.45, 2.75) is 32.4 Å². The fraction of sp³-hybridized carbons (Fsp3) is 0.692. The average Bonchev–Trinajstić information content (AvgIpc) is 2.71. The van der Waals surface area contributed by atoms with E-state index >= 15 is 0 Å². The van der Waals surface area contributed by atoms with Crippen LogP contribution in [0.15, 0.2) is 6.20 Å². The molecule has 2 rings (SSSR count). The summed E-state index contributed by atoms with van der Waals surface area (Å²) < 4.78 is 1.65. The molecule has 0 radical (unpaired) electrons. The minimum Gasteiger partial charge on any atom is -0.478 e. The SMILES string of the molecule is CC(N)C1CCCN(Cc2c(C(=O)O)cnn2C)C1. The molecule has 0 bridgehead atoms. The van der Waals surface area contributed by atoms with E-state index in [9.17, 15) is 4.79 Å². The molecule has 106 valence electrons. The van der Waals surface area contributed by atoms with E-state index in [1.165, 1.54) is 6.20 Å². The third-order valence-electron chi connectivity index (χ3n) is 3.95. The van der Waals surface area contributed by atoms with Crippen LogP contribution in [-0.2, 0) is 13.6 Å². The normalized spacial score (nSPS) is 22.4. The molecule has 0 aliphatic carbocycles. The minimum atomic E-state index is -0.913. The Labute approximate surface area is 113 Å². The third-order valence-corrected chi connectivity index (χ3v) is 3.95. The average molecular weight is 266 g/mol. The monoisotopic (exact) mass is 266 g/mol. The van der Waals surface area contributed by atoms with Gasteiger partial charge in [-0.1, -0.05) is 0 Å². The van der Waals surface area contributed by atoms with Crippen molar-refractivity contribution in [2.24, 2.45) is 18.7 Å². The lowest BCUT2D eigenvalue weighted by Gasteiger charge is -2.34. The van der Waals surface area contributed by atoms with Gasteiger partial charge >= 0.3 is 5.97 Å². The number of carbonyl (C=O) groups is 1. The smallest absolute Gasteiger partial charge is 0.339 e. The Hall–Kier alpha value is -1.40. The lowest BCUT2D eigenvalue weighted by atomic mass is 9.92. The Morgan fingerprint density at radius 3 is 3.05 bits per heavy atom. The number of aryl methyl sites for hydroxylation is 1. The van der Waals surface area contributed by atoms with Gasteiger partial charge in [0.1, 0.15) is 5.56 Å². The number of hydrogen-bond donors (Lipinski definition) is 2. The van der Waals surface area contributed by atoms with Gasteiger partial charge in [0.05, 0.1) is 11.9 Å². The molecule has 0 aromatic carbocycles. The van der Waals surface area contributed by atoms with E-state index in [-0.39, 0.29) is 6.04 Å². The second kappa shape index (κ2) is 5.71. The lowest BCUT2D eigenvalue weighted by Crippen LogP contribution is -2.42. The van der Waals surface area contributed by atoms with Crippen molar-refractivity contribution >= 4 is 5.97 Å². The van der Waals surface area contributed by atoms with Crippen molar-refractivity contribution in [1.29, 1.82) is 0 Å². The highest BCUT2D eigenvalue weighted by Crippen LogP contribution is 2.21. The first-order valence-corrected chi connectivity index (χ1v) is 6.71. The van der Waals surface area contributed by atoms with E-state index in [4.69, 9.17) is 10.8 Å². The Morgan fingerprint density at radius 2 is 2.42 bits per heavy atom. The number of likely N-dealkylation sites (tertiary alicyclic amines) is 1. The van der Waals surface area contributed by atoms with Gasteiger partial charge in [0.2, 0.25) is 0 Å².